The van der Waals surface area contributed by atoms with Gasteiger partial charge in [-0.3, -0.25) is 14.4 Å². The van der Waals surface area contributed by atoms with Crippen molar-refractivity contribution in [1.82, 2.24) is 25.7 Å². The van der Waals surface area contributed by atoms with E-state index in [-0.39, 0.29) is 35.5 Å². The Morgan fingerprint density at radius 1 is 1.23 bits per heavy atom. The number of aryl methyl sites for hydroxylation is 1. The van der Waals surface area contributed by atoms with Gasteiger partial charge >= 0.3 is 0 Å². The molecule has 2 aromatic carbocycles. The largest absolute Gasteiger partial charge is 0.481 e. The molecule has 1 aliphatic rings. The van der Waals surface area contributed by atoms with Crippen LogP contribution in [0.3, 0.4) is 0 Å². The summed E-state index contributed by atoms with van der Waals surface area (Å²) in [6.45, 7) is 2.39. The van der Waals surface area contributed by atoms with E-state index in [9.17, 15) is 18.8 Å². The number of benzene rings is 2. The Morgan fingerprint density at radius 3 is 2.66 bits per heavy atom. The Kier molecular flexibility index (Phi) is 7.09. The molecule has 3 amide bonds. The molecule has 0 bridgehead atoms. The van der Waals surface area contributed by atoms with Gasteiger partial charge in [0.1, 0.15) is 17.5 Å². The molecule has 9 nitrogen and oxygen atoms in total. The van der Waals surface area contributed by atoms with Crippen molar-refractivity contribution in [3.8, 4) is 11.6 Å². The van der Waals surface area contributed by atoms with Crippen LogP contribution in [0.1, 0.15) is 40.5 Å². The average Bonchev–Trinajstić information content (AvgIpc) is 3.45. The number of carbonyl (C=O) groups is 3. The van der Waals surface area contributed by atoms with E-state index in [1.54, 1.807) is 12.1 Å². The van der Waals surface area contributed by atoms with E-state index in [1.807, 2.05) is 31.2 Å². The zero-order chi connectivity index (χ0) is 24.9. The molecule has 0 spiro atoms. The van der Waals surface area contributed by atoms with Crippen LogP contribution >= 0.6 is 0 Å². The minimum Gasteiger partial charge on any atom is -0.481 e. The summed E-state index contributed by atoms with van der Waals surface area (Å²) in [5.74, 6) is -1.49. The second kappa shape index (κ2) is 10.4. The summed E-state index contributed by atoms with van der Waals surface area (Å²) in [7, 11) is 1.40. The monoisotopic (exact) mass is 479 g/mol. The highest BCUT2D eigenvalue weighted by Crippen LogP contribution is 2.24. The molecule has 1 saturated heterocycles. The van der Waals surface area contributed by atoms with E-state index in [0.717, 1.165) is 11.1 Å². The molecular weight excluding hydrogens is 453 g/mol. The van der Waals surface area contributed by atoms with Crippen LogP contribution < -0.4 is 20.7 Å². The van der Waals surface area contributed by atoms with Gasteiger partial charge in [-0.2, -0.15) is 9.78 Å². The van der Waals surface area contributed by atoms with E-state index < -0.39 is 23.8 Å². The number of rotatable bonds is 8. The van der Waals surface area contributed by atoms with E-state index in [1.165, 1.54) is 30.0 Å². The second-order valence-corrected chi connectivity index (χ2v) is 8.22. The number of methoxy groups -OCH3 is 1. The van der Waals surface area contributed by atoms with Crippen LogP contribution in [0.4, 0.5) is 4.39 Å². The van der Waals surface area contributed by atoms with Crippen LogP contribution in [-0.2, 0) is 9.59 Å². The average molecular weight is 480 g/mol. The Hall–Kier alpha value is -4.21. The Balaban J connectivity index is 1.58. The molecule has 0 radical (unpaired) electrons. The van der Waals surface area contributed by atoms with Gasteiger partial charge in [0.15, 0.2) is 5.69 Å². The number of aromatic nitrogens is 2. The highest BCUT2D eigenvalue weighted by Gasteiger charge is 2.28. The molecule has 4 rings (SSSR count). The van der Waals surface area contributed by atoms with Gasteiger partial charge in [0.25, 0.3) is 5.91 Å². The molecule has 3 N–H and O–H groups in total. The normalized spacial score (nSPS) is 15.9. The van der Waals surface area contributed by atoms with Crippen molar-refractivity contribution in [3.05, 3.63) is 77.2 Å². The fourth-order valence-corrected chi connectivity index (χ4v) is 4.04. The standard InChI is InChI=1S/C25H26FN5O4/c1-15-7-3-4-8-16(15)19(13-22(32)28-18-11-12-27-24(18)33)29-25(34)20-14-23(35-2)31(30-20)21-10-6-5-9-17(21)26/h3-10,14,18-19H,11-13H2,1-2H3,(H,27,33)(H,28,32)(H,29,34)/t18-,19-/m0/s1. The highest BCUT2D eigenvalue weighted by atomic mass is 19.1. The number of nitrogens with one attached hydrogen (secondary N) is 3. The number of amides is 3. The minimum atomic E-state index is -0.683. The fraction of sp³-hybridized carbons (Fsp3) is 0.280. The SMILES string of the molecule is COc1cc(C(=O)N[C@@H](CC(=O)N[C@H]2CCNC2=O)c2ccccc2C)nn1-c1ccccc1F. The summed E-state index contributed by atoms with van der Waals surface area (Å²) in [5.41, 5.74) is 1.78. The van der Waals surface area contributed by atoms with Crippen molar-refractivity contribution < 1.29 is 23.5 Å². The van der Waals surface area contributed by atoms with Crippen molar-refractivity contribution in [1.29, 1.82) is 0 Å². The number of carbonyl (C=O) groups excluding carboxylic acids is 3. The number of hydrogen-bond acceptors (Lipinski definition) is 5. The van der Waals surface area contributed by atoms with Gasteiger partial charge in [0.05, 0.1) is 19.6 Å². The zero-order valence-electron chi connectivity index (χ0n) is 19.4. The van der Waals surface area contributed by atoms with Crippen LogP contribution in [0.15, 0.2) is 54.6 Å². The Bertz CT molecular complexity index is 1260. The molecule has 1 fully saturated rings. The maximum atomic E-state index is 14.3. The lowest BCUT2D eigenvalue weighted by atomic mass is 9.98. The summed E-state index contributed by atoms with van der Waals surface area (Å²) >= 11 is 0. The molecule has 2 atom stereocenters. The van der Waals surface area contributed by atoms with E-state index in [4.69, 9.17) is 4.74 Å². The number of halogens is 1. The summed E-state index contributed by atoms with van der Waals surface area (Å²) in [6, 6.07) is 13.5. The van der Waals surface area contributed by atoms with Gasteiger partial charge in [-0.15, -0.1) is 0 Å². The maximum Gasteiger partial charge on any atom is 0.272 e. The molecule has 0 saturated carbocycles. The molecule has 1 aliphatic heterocycles. The third-order valence-corrected chi connectivity index (χ3v) is 5.84. The summed E-state index contributed by atoms with van der Waals surface area (Å²) in [5, 5.41) is 12.5. The third-order valence-electron chi connectivity index (χ3n) is 5.84. The predicted molar refractivity (Wildman–Crippen MR) is 126 cm³/mol. The van der Waals surface area contributed by atoms with Gasteiger partial charge < -0.3 is 20.7 Å². The molecule has 3 aromatic rings. The Labute approximate surface area is 201 Å². The van der Waals surface area contributed by atoms with E-state index >= 15 is 0 Å². The lowest BCUT2D eigenvalue weighted by molar-refractivity contribution is -0.127. The molecule has 2 heterocycles. The van der Waals surface area contributed by atoms with Crippen molar-refractivity contribution >= 4 is 17.7 Å². The molecule has 182 valence electrons. The minimum absolute atomic E-state index is 0.000680. The van der Waals surface area contributed by atoms with Gasteiger partial charge in [-0.25, -0.2) is 4.39 Å². The smallest absolute Gasteiger partial charge is 0.272 e. The van der Waals surface area contributed by atoms with E-state index in [0.29, 0.717) is 13.0 Å². The first-order valence-corrected chi connectivity index (χ1v) is 11.2. The number of para-hydroxylation sites is 1. The van der Waals surface area contributed by atoms with Crippen LogP contribution in [0.2, 0.25) is 0 Å². The molecule has 10 heteroatoms. The van der Waals surface area contributed by atoms with Crippen LogP contribution in [-0.4, -0.2) is 47.2 Å². The van der Waals surface area contributed by atoms with Crippen molar-refractivity contribution in [2.45, 2.75) is 31.8 Å². The fourth-order valence-electron chi connectivity index (χ4n) is 4.04. The van der Waals surface area contributed by atoms with Crippen molar-refractivity contribution in [3.63, 3.8) is 0 Å². The van der Waals surface area contributed by atoms with E-state index in [2.05, 4.69) is 21.0 Å². The summed E-state index contributed by atoms with van der Waals surface area (Å²) in [4.78, 5) is 37.8. The predicted octanol–water partition coefficient (Wildman–Crippen LogP) is 2.19. The first-order chi connectivity index (χ1) is 16.9. The first-order valence-electron chi connectivity index (χ1n) is 11.2. The molecule has 35 heavy (non-hydrogen) atoms. The molecule has 0 unspecified atom stereocenters. The van der Waals surface area contributed by atoms with Crippen LogP contribution in [0, 0.1) is 12.7 Å². The molecule has 0 aliphatic carbocycles. The van der Waals surface area contributed by atoms with Gasteiger partial charge in [0, 0.05) is 12.6 Å². The topological polar surface area (TPSA) is 114 Å². The lowest BCUT2D eigenvalue weighted by Gasteiger charge is -2.21. The van der Waals surface area contributed by atoms with Crippen molar-refractivity contribution in [2.24, 2.45) is 0 Å². The van der Waals surface area contributed by atoms with Crippen LogP contribution in [0.5, 0.6) is 5.88 Å². The highest BCUT2D eigenvalue weighted by molar-refractivity contribution is 5.94. The molecular formula is C25H26FN5O4. The second-order valence-electron chi connectivity index (χ2n) is 8.22. The Morgan fingerprint density at radius 2 is 1.97 bits per heavy atom. The number of hydrogen-bond donors (Lipinski definition) is 3. The number of ether oxygens (including phenoxy) is 1. The molecule has 1 aromatic heterocycles. The number of nitrogens with zero attached hydrogens (tertiary/aromatic N) is 2. The summed E-state index contributed by atoms with van der Waals surface area (Å²) < 4.78 is 20.8. The van der Waals surface area contributed by atoms with Gasteiger partial charge in [-0.05, 0) is 36.6 Å². The van der Waals surface area contributed by atoms with Gasteiger partial charge in [0.2, 0.25) is 17.7 Å². The first kappa shape index (κ1) is 23.9. The maximum absolute atomic E-state index is 14.3. The lowest BCUT2D eigenvalue weighted by Crippen LogP contribution is -2.42. The quantitative estimate of drug-likeness (QED) is 0.458. The van der Waals surface area contributed by atoms with Crippen LogP contribution in [0.25, 0.3) is 5.69 Å². The van der Waals surface area contributed by atoms with Gasteiger partial charge in [-0.1, -0.05) is 36.4 Å². The summed E-state index contributed by atoms with van der Waals surface area (Å²) in [6.07, 6.45) is 0.435. The van der Waals surface area contributed by atoms with Crippen molar-refractivity contribution in [2.75, 3.05) is 13.7 Å². The zero-order valence-corrected chi connectivity index (χ0v) is 19.4. The third kappa shape index (κ3) is 5.32.